The zero-order valence-corrected chi connectivity index (χ0v) is 12.2. The van der Waals surface area contributed by atoms with Crippen LogP contribution in [-0.4, -0.2) is 31.5 Å². The van der Waals surface area contributed by atoms with Gasteiger partial charge in [-0.15, -0.1) is 0 Å². The summed E-state index contributed by atoms with van der Waals surface area (Å²) in [5.41, 5.74) is 4.57. The van der Waals surface area contributed by atoms with E-state index in [0.717, 1.165) is 22.4 Å². The molecule has 0 heterocycles. The zero-order valence-electron chi connectivity index (χ0n) is 12.2. The van der Waals surface area contributed by atoms with Crippen LogP contribution in [0.2, 0.25) is 0 Å². The first-order valence-electron chi connectivity index (χ1n) is 6.21. The Morgan fingerprint density at radius 2 is 2.00 bits per heavy atom. The molecule has 1 amide bonds. The number of benzene rings is 1. The minimum absolute atomic E-state index is 0.506. The first kappa shape index (κ1) is 15.0. The van der Waals surface area contributed by atoms with Gasteiger partial charge in [-0.2, -0.15) is 5.26 Å². The molecule has 102 valence electrons. The molecule has 1 aromatic carbocycles. The van der Waals surface area contributed by atoms with Crippen molar-refractivity contribution >= 4 is 5.91 Å². The third kappa shape index (κ3) is 3.25. The average molecular weight is 260 g/mol. The number of nitriles is 1. The van der Waals surface area contributed by atoms with Gasteiger partial charge >= 0.3 is 5.91 Å². The third-order valence-electron chi connectivity index (χ3n) is 3.46. The molecular weight excluding hydrogens is 240 g/mol. The van der Waals surface area contributed by atoms with E-state index < -0.39 is 5.91 Å². The number of methoxy groups -OCH3 is 1. The molecule has 19 heavy (non-hydrogen) atoms. The largest absolute Gasteiger partial charge is 0.496 e. The van der Waals surface area contributed by atoms with Crippen molar-refractivity contribution in [3.8, 4) is 11.8 Å². The fourth-order valence-electron chi connectivity index (χ4n) is 2.16. The van der Waals surface area contributed by atoms with E-state index in [1.807, 2.05) is 13.8 Å². The Morgan fingerprint density at radius 1 is 1.37 bits per heavy atom. The van der Waals surface area contributed by atoms with E-state index in [1.165, 1.54) is 10.5 Å². The van der Waals surface area contributed by atoms with Gasteiger partial charge in [-0.1, -0.05) is 6.07 Å². The number of aryl methyl sites for hydroxylation is 2. The summed E-state index contributed by atoms with van der Waals surface area (Å²) in [6.07, 6.45) is 0.681. The highest BCUT2D eigenvalue weighted by Gasteiger charge is 2.14. The first-order chi connectivity index (χ1) is 8.92. The number of likely N-dealkylation sites (N-methyl/N-ethyl adjacent to an activating group) is 1. The SMILES string of the molecule is COc1c(C)c(C)cc(C)c1CCN(C)C(=O)C#N. The smallest absolute Gasteiger partial charge is 0.324 e. The van der Waals surface area contributed by atoms with Crippen molar-refractivity contribution in [2.75, 3.05) is 20.7 Å². The highest BCUT2D eigenvalue weighted by atomic mass is 16.5. The fourth-order valence-corrected chi connectivity index (χ4v) is 2.16. The minimum atomic E-state index is -0.513. The summed E-state index contributed by atoms with van der Waals surface area (Å²) in [6, 6.07) is 3.74. The van der Waals surface area contributed by atoms with E-state index in [4.69, 9.17) is 10.00 Å². The second-order valence-corrected chi connectivity index (χ2v) is 4.74. The Bertz CT molecular complexity index is 530. The molecule has 4 nitrogen and oxygen atoms in total. The van der Waals surface area contributed by atoms with E-state index in [2.05, 4.69) is 13.0 Å². The molecule has 0 aliphatic heterocycles. The van der Waals surface area contributed by atoms with Crippen LogP contribution in [0.5, 0.6) is 5.75 Å². The van der Waals surface area contributed by atoms with Crippen molar-refractivity contribution in [3.63, 3.8) is 0 Å². The number of nitrogens with zero attached hydrogens (tertiary/aromatic N) is 2. The number of carbonyl (C=O) groups is 1. The molecule has 0 N–H and O–H groups in total. The lowest BCUT2D eigenvalue weighted by Gasteiger charge is -2.19. The van der Waals surface area contributed by atoms with Crippen LogP contribution in [0.25, 0.3) is 0 Å². The quantitative estimate of drug-likeness (QED) is 0.779. The molecule has 0 bridgehead atoms. The molecule has 0 aliphatic rings. The van der Waals surface area contributed by atoms with Gasteiger partial charge in [0.2, 0.25) is 0 Å². The summed E-state index contributed by atoms with van der Waals surface area (Å²) >= 11 is 0. The number of ether oxygens (including phenoxy) is 1. The lowest BCUT2D eigenvalue weighted by molar-refractivity contribution is -0.124. The highest BCUT2D eigenvalue weighted by Crippen LogP contribution is 2.29. The van der Waals surface area contributed by atoms with Gasteiger partial charge < -0.3 is 9.64 Å². The molecule has 0 saturated carbocycles. The van der Waals surface area contributed by atoms with Gasteiger partial charge in [0.15, 0.2) is 6.07 Å². The summed E-state index contributed by atoms with van der Waals surface area (Å²) in [6.45, 7) is 6.63. The van der Waals surface area contributed by atoms with Gasteiger partial charge in [0.1, 0.15) is 5.75 Å². The molecule has 0 aliphatic carbocycles. The Labute approximate surface area is 114 Å². The standard InChI is InChI=1S/C15H20N2O2/c1-10-8-11(2)13(15(19-5)12(10)3)6-7-17(4)14(18)9-16/h8H,6-7H2,1-5H3. The highest BCUT2D eigenvalue weighted by molar-refractivity contribution is 5.90. The predicted octanol–water partition coefficient (Wildman–Crippen LogP) is 2.14. The van der Waals surface area contributed by atoms with Gasteiger partial charge in [0.05, 0.1) is 7.11 Å². The maximum absolute atomic E-state index is 11.2. The lowest BCUT2D eigenvalue weighted by Crippen LogP contribution is -2.27. The molecule has 1 rings (SSSR count). The van der Waals surface area contributed by atoms with E-state index in [9.17, 15) is 4.79 Å². The topological polar surface area (TPSA) is 53.3 Å². The molecule has 0 radical (unpaired) electrons. The molecule has 0 aromatic heterocycles. The van der Waals surface area contributed by atoms with Gasteiger partial charge in [-0.3, -0.25) is 4.79 Å². The second kappa shape index (κ2) is 6.24. The van der Waals surface area contributed by atoms with Gasteiger partial charge in [0.25, 0.3) is 0 Å². The molecular formula is C15H20N2O2. The minimum Gasteiger partial charge on any atom is -0.496 e. The van der Waals surface area contributed by atoms with E-state index >= 15 is 0 Å². The van der Waals surface area contributed by atoms with Gasteiger partial charge in [0, 0.05) is 13.6 Å². The van der Waals surface area contributed by atoms with Gasteiger partial charge in [-0.25, -0.2) is 0 Å². The Hall–Kier alpha value is -2.02. The van der Waals surface area contributed by atoms with Crippen molar-refractivity contribution in [2.45, 2.75) is 27.2 Å². The lowest BCUT2D eigenvalue weighted by atomic mass is 9.97. The van der Waals surface area contributed by atoms with Crippen LogP contribution >= 0.6 is 0 Å². The van der Waals surface area contributed by atoms with Crippen LogP contribution < -0.4 is 4.74 Å². The molecule has 4 heteroatoms. The van der Waals surface area contributed by atoms with Crippen molar-refractivity contribution in [2.24, 2.45) is 0 Å². The van der Waals surface area contributed by atoms with Gasteiger partial charge in [-0.05, 0) is 49.4 Å². The van der Waals surface area contributed by atoms with Crippen molar-refractivity contribution in [1.29, 1.82) is 5.26 Å². The van der Waals surface area contributed by atoms with E-state index in [0.29, 0.717) is 13.0 Å². The Morgan fingerprint density at radius 3 is 2.53 bits per heavy atom. The zero-order chi connectivity index (χ0) is 14.6. The normalized spacial score (nSPS) is 9.89. The first-order valence-corrected chi connectivity index (χ1v) is 6.21. The van der Waals surface area contributed by atoms with Crippen LogP contribution in [-0.2, 0) is 11.2 Å². The van der Waals surface area contributed by atoms with Crippen LogP contribution in [0.4, 0.5) is 0 Å². The molecule has 0 fully saturated rings. The second-order valence-electron chi connectivity index (χ2n) is 4.74. The summed E-state index contributed by atoms with van der Waals surface area (Å²) in [7, 11) is 3.29. The third-order valence-corrected chi connectivity index (χ3v) is 3.46. The fraction of sp³-hybridized carbons (Fsp3) is 0.467. The molecule has 0 saturated heterocycles. The number of carbonyl (C=O) groups excluding carboxylic acids is 1. The van der Waals surface area contributed by atoms with Crippen LogP contribution in [0.3, 0.4) is 0 Å². The van der Waals surface area contributed by atoms with E-state index in [1.54, 1.807) is 20.2 Å². The van der Waals surface area contributed by atoms with E-state index in [-0.39, 0.29) is 0 Å². The number of hydrogen-bond donors (Lipinski definition) is 0. The number of hydrogen-bond acceptors (Lipinski definition) is 3. The summed E-state index contributed by atoms with van der Waals surface area (Å²) in [5.74, 6) is 0.371. The monoisotopic (exact) mass is 260 g/mol. The molecule has 0 unspecified atom stereocenters. The summed E-state index contributed by atoms with van der Waals surface area (Å²) in [4.78, 5) is 12.7. The van der Waals surface area contributed by atoms with Crippen LogP contribution in [0.1, 0.15) is 22.3 Å². The number of rotatable bonds is 4. The molecule has 0 atom stereocenters. The van der Waals surface area contributed by atoms with Crippen LogP contribution in [0.15, 0.2) is 6.07 Å². The maximum Gasteiger partial charge on any atom is 0.324 e. The van der Waals surface area contributed by atoms with Crippen molar-refractivity contribution < 1.29 is 9.53 Å². The molecule has 0 spiro atoms. The summed E-state index contributed by atoms with van der Waals surface area (Å²) in [5, 5.41) is 8.57. The maximum atomic E-state index is 11.2. The average Bonchev–Trinajstić information content (AvgIpc) is 2.39. The predicted molar refractivity (Wildman–Crippen MR) is 74.2 cm³/mol. The molecule has 1 aromatic rings. The Balaban J connectivity index is 2.99. The van der Waals surface area contributed by atoms with Crippen molar-refractivity contribution in [1.82, 2.24) is 4.90 Å². The van der Waals surface area contributed by atoms with Crippen LogP contribution in [0, 0.1) is 32.1 Å². The summed E-state index contributed by atoms with van der Waals surface area (Å²) < 4.78 is 5.49. The Kier molecular flexibility index (Phi) is 4.94. The van der Waals surface area contributed by atoms with Crippen molar-refractivity contribution in [3.05, 3.63) is 28.3 Å². The number of amides is 1.